The number of carbonyl (C=O) groups is 1. The Balaban J connectivity index is 0.833. The molecular weight excluding hydrogens is 660 g/mol. The van der Waals surface area contributed by atoms with Crippen LogP contribution < -0.4 is 15.8 Å². The monoisotopic (exact) mass is 712 g/mol. The van der Waals surface area contributed by atoms with Crippen molar-refractivity contribution in [1.82, 2.24) is 25.1 Å². The number of likely N-dealkylation sites (N-methyl/N-ethyl adjacent to an activating group) is 1. The number of benzene rings is 2. The van der Waals surface area contributed by atoms with E-state index in [-0.39, 0.29) is 29.4 Å². The molecule has 4 heterocycles. The summed E-state index contributed by atoms with van der Waals surface area (Å²) in [7, 11) is 1.76. The number of rotatable bonds is 16. The lowest BCUT2D eigenvalue weighted by Gasteiger charge is -2.47. The maximum atomic E-state index is 12.6. The zero-order valence-corrected chi connectivity index (χ0v) is 30.1. The molecule has 4 aromatic rings. The Kier molecular flexibility index (Phi) is 12.9. The van der Waals surface area contributed by atoms with Crippen molar-refractivity contribution in [3.63, 3.8) is 0 Å². The second-order valence-corrected chi connectivity index (χ2v) is 14.0. The van der Waals surface area contributed by atoms with Gasteiger partial charge >= 0.3 is 0 Å². The molecule has 0 saturated carbocycles. The molecule has 0 radical (unpaired) electrons. The number of aliphatic hydroxyl groups is 1. The lowest BCUT2D eigenvalue weighted by Crippen LogP contribution is -2.57. The van der Waals surface area contributed by atoms with Crippen LogP contribution in [0.25, 0.3) is 10.9 Å². The van der Waals surface area contributed by atoms with Crippen LogP contribution >= 0.6 is 0 Å². The van der Waals surface area contributed by atoms with Crippen LogP contribution in [0.4, 0.5) is 5.82 Å². The number of nitrogens with one attached hydrogen (secondary N) is 2. The van der Waals surface area contributed by atoms with Gasteiger partial charge in [-0.05, 0) is 66.6 Å². The minimum absolute atomic E-state index is 0.00189. The first-order valence-corrected chi connectivity index (χ1v) is 18.4. The van der Waals surface area contributed by atoms with E-state index in [1.165, 1.54) is 23.3 Å². The fraction of sp³-hybridized carbons (Fsp3) is 0.475. The standard InChI is InChI=1S/C40H52N6O6/c1-44(22-18-41-28-35(48)32-8-10-34(47)39-33(32)9-11-37(49)43-39)38(50)14-25-51-24-13-31-6-4-5-30(27-31)12-19-45-20-15-40(16-21-45)29-46(23-26-52-40)36-7-2-3-17-42-36/h2-11,17,27,35,41,47-48H,12-16,18-26,28-29H2,1H3,(H,43,49). The number of hydrogen-bond acceptors (Lipinski definition) is 10. The summed E-state index contributed by atoms with van der Waals surface area (Å²) in [5, 5.41) is 24.6. The average molecular weight is 713 g/mol. The van der Waals surface area contributed by atoms with E-state index in [4.69, 9.17) is 9.47 Å². The maximum absolute atomic E-state index is 12.6. The molecule has 4 N–H and O–H groups in total. The SMILES string of the molecule is CN(CCNCC(O)c1ccc(O)c2[nH]c(=O)ccc12)C(=O)CCOCCc1cccc(CCN2CCC3(CC2)CN(c2ccccn2)CCO3)c1. The van der Waals surface area contributed by atoms with E-state index in [0.29, 0.717) is 49.2 Å². The Morgan fingerprint density at radius 3 is 2.69 bits per heavy atom. The predicted molar refractivity (Wildman–Crippen MR) is 202 cm³/mol. The van der Waals surface area contributed by atoms with Crippen molar-refractivity contribution in [2.75, 3.05) is 84.1 Å². The smallest absolute Gasteiger partial charge is 0.248 e. The number of nitrogens with zero attached hydrogens (tertiary/aromatic N) is 4. The summed E-state index contributed by atoms with van der Waals surface area (Å²) in [6.07, 6.45) is 5.20. The van der Waals surface area contributed by atoms with Gasteiger partial charge in [0, 0.05) is 77.1 Å². The number of fused-ring (bicyclic) bond motifs is 1. The second-order valence-electron chi connectivity index (χ2n) is 14.0. The highest BCUT2D eigenvalue weighted by molar-refractivity contribution is 5.87. The van der Waals surface area contributed by atoms with Crippen molar-refractivity contribution in [3.8, 4) is 5.75 Å². The number of aromatic nitrogens is 2. The number of phenols is 1. The fourth-order valence-corrected chi connectivity index (χ4v) is 7.21. The summed E-state index contributed by atoms with van der Waals surface area (Å²) in [5.74, 6) is 0.994. The number of aromatic hydroxyl groups is 1. The Hall–Kier alpha value is -4.33. The topological polar surface area (TPSA) is 143 Å². The van der Waals surface area contributed by atoms with Crippen LogP contribution in [-0.2, 0) is 27.1 Å². The first-order chi connectivity index (χ1) is 25.3. The number of phenolic OH excluding ortho intramolecular Hbond substituents is 1. The normalized spacial score (nSPS) is 16.7. The molecule has 278 valence electrons. The van der Waals surface area contributed by atoms with Gasteiger partial charge in [-0.1, -0.05) is 36.4 Å². The van der Waals surface area contributed by atoms with Crippen LogP contribution in [0.15, 0.2) is 77.7 Å². The van der Waals surface area contributed by atoms with Gasteiger partial charge < -0.3 is 44.7 Å². The third kappa shape index (κ3) is 9.96. The summed E-state index contributed by atoms with van der Waals surface area (Å²) in [5.41, 5.74) is 3.07. The fourth-order valence-electron chi connectivity index (χ4n) is 7.21. The number of aromatic amines is 1. The number of ether oxygens (including phenoxy) is 2. The predicted octanol–water partition coefficient (Wildman–Crippen LogP) is 3.27. The van der Waals surface area contributed by atoms with Crippen LogP contribution in [0.1, 0.15) is 42.1 Å². The number of pyridine rings is 2. The number of carbonyl (C=O) groups excluding carboxylic acids is 1. The average Bonchev–Trinajstić information content (AvgIpc) is 3.17. The molecule has 0 aliphatic carbocycles. The maximum Gasteiger partial charge on any atom is 0.248 e. The molecule has 2 fully saturated rings. The lowest BCUT2D eigenvalue weighted by molar-refractivity contribution is -0.131. The van der Waals surface area contributed by atoms with E-state index in [0.717, 1.165) is 70.8 Å². The van der Waals surface area contributed by atoms with E-state index < -0.39 is 6.10 Å². The molecule has 0 bridgehead atoms. The number of H-pyrrole nitrogens is 1. The van der Waals surface area contributed by atoms with Gasteiger partial charge in [-0.2, -0.15) is 0 Å². The van der Waals surface area contributed by atoms with Gasteiger partial charge in [-0.25, -0.2) is 4.98 Å². The molecule has 52 heavy (non-hydrogen) atoms. The first kappa shape index (κ1) is 37.4. The summed E-state index contributed by atoms with van der Waals surface area (Å²) < 4.78 is 12.2. The van der Waals surface area contributed by atoms with Crippen molar-refractivity contribution in [3.05, 3.63) is 100.0 Å². The molecule has 2 aliphatic rings. The number of anilines is 1. The van der Waals surface area contributed by atoms with Crippen LogP contribution in [0.5, 0.6) is 5.75 Å². The van der Waals surface area contributed by atoms with Gasteiger partial charge in [0.15, 0.2) is 0 Å². The molecule has 6 rings (SSSR count). The van der Waals surface area contributed by atoms with Crippen LogP contribution in [0, 0.1) is 0 Å². The number of likely N-dealkylation sites (tertiary alicyclic amines) is 1. The molecule has 12 heteroatoms. The van der Waals surface area contributed by atoms with Gasteiger partial charge in [0.1, 0.15) is 11.6 Å². The highest BCUT2D eigenvalue weighted by atomic mass is 16.5. The number of morpholine rings is 1. The number of hydrogen-bond donors (Lipinski definition) is 4. The van der Waals surface area contributed by atoms with E-state index in [1.54, 1.807) is 24.1 Å². The Morgan fingerprint density at radius 2 is 1.88 bits per heavy atom. The van der Waals surface area contributed by atoms with E-state index in [9.17, 15) is 19.8 Å². The first-order valence-electron chi connectivity index (χ1n) is 18.4. The second kappa shape index (κ2) is 17.9. The van der Waals surface area contributed by atoms with Crippen molar-refractivity contribution in [2.24, 2.45) is 0 Å². The zero-order valence-electron chi connectivity index (χ0n) is 30.1. The Morgan fingerprint density at radius 1 is 1.06 bits per heavy atom. The molecule has 1 spiro atoms. The molecule has 1 unspecified atom stereocenters. The summed E-state index contributed by atoms with van der Waals surface area (Å²) in [6.45, 7) is 7.83. The lowest BCUT2D eigenvalue weighted by atomic mass is 9.89. The summed E-state index contributed by atoms with van der Waals surface area (Å²) in [4.78, 5) is 38.1. The highest BCUT2D eigenvalue weighted by Gasteiger charge is 2.40. The van der Waals surface area contributed by atoms with Gasteiger partial charge in [0.2, 0.25) is 11.5 Å². The number of piperidine rings is 1. The van der Waals surface area contributed by atoms with Crippen molar-refractivity contribution in [2.45, 2.75) is 43.8 Å². The molecular formula is C40H52N6O6. The molecule has 2 aromatic carbocycles. The summed E-state index contributed by atoms with van der Waals surface area (Å²) >= 11 is 0. The Labute approximate surface area is 305 Å². The van der Waals surface area contributed by atoms with E-state index >= 15 is 0 Å². The van der Waals surface area contributed by atoms with Crippen LogP contribution in [0.3, 0.4) is 0 Å². The number of amides is 1. The van der Waals surface area contributed by atoms with Crippen molar-refractivity contribution >= 4 is 22.6 Å². The third-order valence-corrected chi connectivity index (χ3v) is 10.3. The molecule has 2 saturated heterocycles. The highest BCUT2D eigenvalue weighted by Crippen LogP contribution is 2.32. The quantitative estimate of drug-likeness (QED) is 0.128. The van der Waals surface area contributed by atoms with Crippen LogP contribution in [0.2, 0.25) is 0 Å². The molecule has 2 aromatic heterocycles. The van der Waals surface area contributed by atoms with Gasteiger partial charge in [-0.3, -0.25) is 9.59 Å². The molecule has 1 amide bonds. The molecule has 12 nitrogen and oxygen atoms in total. The van der Waals surface area contributed by atoms with E-state index in [1.807, 2.05) is 18.3 Å². The van der Waals surface area contributed by atoms with Gasteiger partial charge in [0.25, 0.3) is 0 Å². The largest absolute Gasteiger partial charge is 0.506 e. The van der Waals surface area contributed by atoms with Crippen molar-refractivity contribution in [1.29, 1.82) is 0 Å². The summed E-state index contributed by atoms with van der Waals surface area (Å²) in [6, 6.07) is 20.9. The zero-order chi connectivity index (χ0) is 36.3. The molecule has 2 aliphatic heterocycles. The number of aliphatic hydroxyl groups excluding tert-OH is 1. The third-order valence-electron chi connectivity index (χ3n) is 10.3. The van der Waals surface area contributed by atoms with Gasteiger partial charge in [0.05, 0.1) is 43.5 Å². The minimum atomic E-state index is -0.852. The van der Waals surface area contributed by atoms with E-state index in [2.05, 4.69) is 55.4 Å². The Bertz CT molecular complexity index is 1810. The molecule has 1 atom stereocenters. The van der Waals surface area contributed by atoms with Gasteiger partial charge in [-0.15, -0.1) is 0 Å². The van der Waals surface area contributed by atoms with Crippen LogP contribution in [-0.4, -0.2) is 121 Å². The minimum Gasteiger partial charge on any atom is -0.506 e. The van der Waals surface area contributed by atoms with Crippen molar-refractivity contribution < 1.29 is 24.5 Å².